The lowest BCUT2D eigenvalue weighted by atomic mass is 9.90. The number of ether oxygens (including phenoxy) is 4. The lowest BCUT2D eigenvalue weighted by Crippen LogP contribution is -2.49. The van der Waals surface area contributed by atoms with Crippen molar-refractivity contribution < 1.29 is 24.1 Å². The molecule has 6 nitrogen and oxygen atoms in total. The molecule has 6 atom stereocenters. The lowest BCUT2D eigenvalue weighted by molar-refractivity contribution is -0.0863. The minimum absolute atomic E-state index is 0.0365. The summed E-state index contributed by atoms with van der Waals surface area (Å²) in [5.41, 5.74) is 8.45. The molecule has 0 saturated heterocycles. The number of benzene rings is 1. The Morgan fingerprint density at radius 1 is 1.07 bits per heavy atom. The fourth-order valence-corrected chi connectivity index (χ4v) is 5.95. The van der Waals surface area contributed by atoms with Gasteiger partial charge in [0.25, 0.3) is 0 Å². The van der Waals surface area contributed by atoms with E-state index < -0.39 is 5.72 Å². The maximum Gasteiger partial charge on any atom is 0.231 e. The molecule has 1 aliphatic heterocycles. The second-order valence-electron chi connectivity index (χ2n) is 13.7. The van der Waals surface area contributed by atoms with Gasteiger partial charge in [-0.1, -0.05) is 51.3 Å². The highest BCUT2D eigenvalue weighted by atomic mass is 16.7. The van der Waals surface area contributed by atoms with Crippen LogP contribution in [0.1, 0.15) is 105 Å². The van der Waals surface area contributed by atoms with Crippen LogP contribution in [-0.4, -0.2) is 43.0 Å². The van der Waals surface area contributed by atoms with Gasteiger partial charge in [0.1, 0.15) is 5.72 Å². The van der Waals surface area contributed by atoms with Crippen LogP contribution in [0.25, 0.3) is 0 Å². The summed E-state index contributed by atoms with van der Waals surface area (Å²) in [5.74, 6) is 2.56. The molecule has 3 N–H and O–H groups in total. The number of allylic oxidation sites excluding steroid dienone is 2. The first kappa shape index (κ1) is 32.9. The van der Waals surface area contributed by atoms with Crippen molar-refractivity contribution in [3.8, 4) is 11.5 Å². The van der Waals surface area contributed by atoms with Gasteiger partial charge in [0.15, 0.2) is 11.5 Å². The molecule has 1 aromatic carbocycles. The summed E-state index contributed by atoms with van der Waals surface area (Å²) in [6, 6.07) is 5.87. The third-order valence-electron chi connectivity index (χ3n) is 9.52. The summed E-state index contributed by atoms with van der Waals surface area (Å²) in [4.78, 5) is 0. The van der Waals surface area contributed by atoms with Gasteiger partial charge in [-0.25, -0.2) is 0 Å². The van der Waals surface area contributed by atoms with Gasteiger partial charge in [-0.3, -0.25) is 0 Å². The Bertz CT molecular complexity index is 958. The Labute approximate surface area is 244 Å². The molecular weight excluding hydrogens is 502 g/mol. The first-order valence-corrected chi connectivity index (χ1v) is 15.6. The van der Waals surface area contributed by atoms with Crippen molar-refractivity contribution in [3.63, 3.8) is 0 Å². The van der Waals surface area contributed by atoms with Crippen LogP contribution in [-0.2, 0) is 15.9 Å². The molecule has 1 heterocycles. The highest BCUT2D eigenvalue weighted by Gasteiger charge is 2.61. The van der Waals surface area contributed by atoms with Gasteiger partial charge in [-0.2, -0.15) is 0 Å². The molecule has 2 aliphatic rings. The van der Waals surface area contributed by atoms with Gasteiger partial charge in [0.05, 0.1) is 12.2 Å². The zero-order chi connectivity index (χ0) is 29.4. The van der Waals surface area contributed by atoms with E-state index in [0.29, 0.717) is 30.3 Å². The van der Waals surface area contributed by atoms with Gasteiger partial charge >= 0.3 is 0 Å². The predicted octanol–water partition coefficient (Wildman–Crippen LogP) is 7.41. The minimum Gasteiger partial charge on any atom is -0.454 e. The predicted molar refractivity (Wildman–Crippen MR) is 163 cm³/mol. The van der Waals surface area contributed by atoms with Crippen LogP contribution in [0.4, 0.5) is 0 Å². The van der Waals surface area contributed by atoms with Crippen molar-refractivity contribution in [2.75, 3.05) is 26.6 Å². The first-order chi connectivity index (χ1) is 18.9. The van der Waals surface area contributed by atoms with Crippen molar-refractivity contribution in [2.24, 2.45) is 28.9 Å². The summed E-state index contributed by atoms with van der Waals surface area (Å²) in [6.45, 7) is 17.3. The van der Waals surface area contributed by atoms with Crippen molar-refractivity contribution in [1.29, 1.82) is 0 Å². The van der Waals surface area contributed by atoms with E-state index in [1.165, 1.54) is 44.1 Å². The molecule has 1 fully saturated rings. The van der Waals surface area contributed by atoms with Crippen LogP contribution in [0.5, 0.6) is 11.5 Å². The van der Waals surface area contributed by atoms with Crippen LogP contribution in [0, 0.1) is 23.2 Å². The number of nitrogens with two attached hydrogens (primary N) is 1. The normalized spacial score (nSPS) is 25.2. The molecule has 0 amide bonds. The van der Waals surface area contributed by atoms with Gasteiger partial charge in [0, 0.05) is 19.1 Å². The second kappa shape index (κ2) is 14.5. The molecule has 1 aromatic rings. The molecular formula is C34H57NO5. The Balaban J connectivity index is 1.31. The molecule has 0 aromatic heterocycles. The fraction of sp³-hybridized carbons (Fsp3) is 0.765. The van der Waals surface area contributed by atoms with E-state index in [1.54, 1.807) is 0 Å². The van der Waals surface area contributed by atoms with E-state index in [4.69, 9.17) is 24.7 Å². The number of rotatable bonds is 19. The van der Waals surface area contributed by atoms with Crippen molar-refractivity contribution >= 4 is 0 Å². The molecule has 0 radical (unpaired) electrons. The highest BCUT2D eigenvalue weighted by molar-refractivity contribution is 5.44. The van der Waals surface area contributed by atoms with Gasteiger partial charge < -0.3 is 29.8 Å². The largest absolute Gasteiger partial charge is 0.454 e. The Kier molecular flexibility index (Phi) is 12.0. The summed E-state index contributed by atoms with van der Waals surface area (Å²) in [7, 11) is 0. The van der Waals surface area contributed by atoms with E-state index in [9.17, 15) is 5.11 Å². The summed E-state index contributed by atoms with van der Waals surface area (Å²) >= 11 is 0. The van der Waals surface area contributed by atoms with Crippen molar-refractivity contribution in [2.45, 2.75) is 118 Å². The number of aliphatic hydroxyl groups is 1. The fourth-order valence-electron chi connectivity index (χ4n) is 5.95. The maximum atomic E-state index is 10.1. The van der Waals surface area contributed by atoms with Crippen LogP contribution in [0.3, 0.4) is 0 Å². The molecule has 1 saturated carbocycles. The zero-order valence-electron chi connectivity index (χ0n) is 26.4. The summed E-state index contributed by atoms with van der Waals surface area (Å²) in [6.07, 6.45) is 12.2. The van der Waals surface area contributed by atoms with Gasteiger partial charge in [-0.05, 0) is 108 Å². The average Bonchev–Trinajstić information content (AvgIpc) is 3.18. The first-order valence-electron chi connectivity index (χ1n) is 15.6. The monoisotopic (exact) mass is 559 g/mol. The molecule has 0 bridgehead atoms. The topological polar surface area (TPSA) is 83.2 Å². The lowest BCUT2D eigenvalue weighted by Gasteiger charge is -2.33. The number of fused-ring (bicyclic) bond motifs is 1. The Morgan fingerprint density at radius 3 is 2.50 bits per heavy atom. The van der Waals surface area contributed by atoms with Crippen LogP contribution < -0.4 is 15.2 Å². The second-order valence-corrected chi connectivity index (χ2v) is 13.7. The van der Waals surface area contributed by atoms with E-state index in [-0.39, 0.29) is 24.9 Å². The van der Waals surface area contributed by atoms with Crippen molar-refractivity contribution in [1.82, 2.24) is 0 Å². The van der Waals surface area contributed by atoms with E-state index in [1.807, 2.05) is 25.1 Å². The standard InChI is InChI=1S/C34H57NO5/c1-25(2)10-8-11-26(3)15-18-39-33(6)23-32(33,5)17-9-12-27(4)16-19-40-34(7,35)29(22-36)20-28-13-14-30-31(21-28)38-24-37-30/h10,13-14,21,26-27,29,36H,8-9,11-12,15-20,22-24,35H2,1-7H3. The summed E-state index contributed by atoms with van der Waals surface area (Å²) in [5, 5.41) is 10.1. The van der Waals surface area contributed by atoms with E-state index >= 15 is 0 Å². The molecule has 228 valence electrons. The third kappa shape index (κ3) is 9.47. The van der Waals surface area contributed by atoms with Crippen LogP contribution in [0.2, 0.25) is 0 Å². The summed E-state index contributed by atoms with van der Waals surface area (Å²) < 4.78 is 23.5. The minimum atomic E-state index is -0.908. The number of hydrogen-bond donors (Lipinski definition) is 2. The van der Waals surface area contributed by atoms with E-state index in [2.05, 4.69) is 47.6 Å². The number of aliphatic hydroxyl groups excluding tert-OH is 1. The molecule has 1 aliphatic carbocycles. The van der Waals surface area contributed by atoms with Crippen LogP contribution >= 0.6 is 0 Å². The van der Waals surface area contributed by atoms with Crippen molar-refractivity contribution in [3.05, 3.63) is 35.4 Å². The average molecular weight is 560 g/mol. The molecule has 6 unspecified atom stereocenters. The highest BCUT2D eigenvalue weighted by Crippen LogP contribution is 2.61. The molecule has 6 heteroatoms. The smallest absolute Gasteiger partial charge is 0.231 e. The Morgan fingerprint density at radius 2 is 1.77 bits per heavy atom. The quantitative estimate of drug-likeness (QED) is 0.136. The Hall–Kier alpha value is -1.60. The molecule has 0 spiro atoms. The van der Waals surface area contributed by atoms with Gasteiger partial charge in [0.2, 0.25) is 6.79 Å². The third-order valence-corrected chi connectivity index (χ3v) is 9.52. The van der Waals surface area contributed by atoms with Crippen LogP contribution in [0.15, 0.2) is 29.8 Å². The van der Waals surface area contributed by atoms with E-state index in [0.717, 1.165) is 36.5 Å². The molecule has 3 rings (SSSR count). The van der Waals surface area contributed by atoms with Gasteiger partial charge in [-0.15, -0.1) is 0 Å². The maximum absolute atomic E-state index is 10.1. The zero-order valence-corrected chi connectivity index (χ0v) is 26.4. The SMILES string of the molecule is CC(C)=CCCC(C)CCOC1(C)CC1(C)CCCC(C)CCOC(C)(N)C(CO)Cc1ccc2c(c1)OCO2. The molecule has 40 heavy (non-hydrogen) atoms. The number of hydrogen-bond acceptors (Lipinski definition) is 6.